The third kappa shape index (κ3) is 3.15. The van der Waals surface area contributed by atoms with Gasteiger partial charge in [-0.25, -0.2) is 8.78 Å². The molecule has 5 heteroatoms. The maximum absolute atomic E-state index is 13.5. The van der Waals surface area contributed by atoms with Gasteiger partial charge in [-0.15, -0.1) is 0 Å². The lowest BCUT2D eigenvalue weighted by atomic mass is 9.74. The van der Waals surface area contributed by atoms with Crippen LogP contribution in [0, 0.1) is 17.6 Å². The average Bonchev–Trinajstić information content (AvgIpc) is 2.41. The summed E-state index contributed by atoms with van der Waals surface area (Å²) >= 11 is 0. The van der Waals surface area contributed by atoms with Crippen molar-refractivity contribution < 1.29 is 18.8 Å². The summed E-state index contributed by atoms with van der Waals surface area (Å²) < 4.78 is 26.9. The molecule has 0 aliphatic heterocycles. The molecule has 2 rings (SSSR count). The molecule has 1 aliphatic rings. The highest BCUT2D eigenvalue weighted by molar-refractivity contribution is 6.58. The van der Waals surface area contributed by atoms with Crippen LogP contribution in [0.4, 0.5) is 8.78 Å². The minimum Gasteiger partial charge on any atom is -0.423 e. The molecule has 2 nitrogen and oxygen atoms in total. The molecule has 1 aromatic rings. The van der Waals surface area contributed by atoms with Crippen LogP contribution in [0.15, 0.2) is 12.1 Å². The molecule has 1 aromatic carbocycles. The van der Waals surface area contributed by atoms with E-state index in [1.54, 1.807) is 0 Å². The van der Waals surface area contributed by atoms with Crippen LogP contribution in [0.1, 0.15) is 50.5 Å². The molecule has 0 spiro atoms. The second kappa shape index (κ2) is 6.01. The van der Waals surface area contributed by atoms with Crippen LogP contribution in [0.25, 0.3) is 0 Å². The maximum Gasteiger partial charge on any atom is 0.491 e. The van der Waals surface area contributed by atoms with Crippen LogP contribution < -0.4 is 5.46 Å². The summed E-state index contributed by atoms with van der Waals surface area (Å²) in [4.78, 5) is 0. The predicted molar refractivity (Wildman–Crippen MR) is 71.2 cm³/mol. The van der Waals surface area contributed by atoms with Gasteiger partial charge in [0.05, 0.1) is 0 Å². The molecule has 19 heavy (non-hydrogen) atoms. The SMILES string of the molecule is CCC1CCC(c2cc(F)c(F)c(B(O)O)c2)CC1. The lowest BCUT2D eigenvalue weighted by molar-refractivity contribution is 0.318. The van der Waals surface area contributed by atoms with Gasteiger partial charge >= 0.3 is 7.12 Å². The molecule has 1 fully saturated rings. The topological polar surface area (TPSA) is 40.5 Å². The van der Waals surface area contributed by atoms with Crippen LogP contribution in [-0.2, 0) is 0 Å². The summed E-state index contributed by atoms with van der Waals surface area (Å²) in [5.74, 6) is -1.25. The van der Waals surface area contributed by atoms with Crippen molar-refractivity contribution in [2.75, 3.05) is 0 Å². The van der Waals surface area contributed by atoms with Gasteiger partial charge in [-0.05, 0) is 49.1 Å². The van der Waals surface area contributed by atoms with E-state index in [1.807, 2.05) is 0 Å². The highest BCUT2D eigenvalue weighted by atomic mass is 19.2. The van der Waals surface area contributed by atoms with E-state index >= 15 is 0 Å². The first-order chi connectivity index (χ1) is 9.02. The summed E-state index contributed by atoms with van der Waals surface area (Å²) in [6.07, 6.45) is 5.24. The number of halogens is 2. The number of rotatable bonds is 3. The molecule has 2 N–H and O–H groups in total. The third-order valence-corrected chi connectivity index (χ3v) is 4.25. The van der Waals surface area contributed by atoms with Crippen LogP contribution in [0.2, 0.25) is 0 Å². The predicted octanol–water partition coefficient (Wildman–Crippen LogP) is 2.33. The first kappa shape index (κ1) is 14.5. The number of benzene rings is 1. The van der Waals surface area contributed by atoms with Gasteiger partial charge in [0.1, 0.15) is 0 Å². The molecule has 0 heterocycles. The smallest absolute Gasteiger partial charge is 0.423 e. The largest absolute Gasteiger partial charge is 0.491 e. The normalized spacial score (nSPS) is 23.4. The Morgan fingerprint density at radius 1 is 1.16 bits per heavy atom. The number of hydrogen-bond acceptors (Lipinski definition) is 2. The second-order valence-corrected chi connectivity index (χ2v) is 5.41. The fraction of sp³-hybridized carbons (Fsp3) is 0.571. The first-order valence-electron chi connectivity index (χ1n) is 6.87. The Kier molecular flexibility index (Phi) is 4.58. The minimum absolute atomic E-state index is 0.190. The van der Waals surface area contributed by atoms with E-state index in [9.17, 15) is 8.78 Å². The van der Waals surface area contributed by atoms with Gasteiger partial charge in [0.2, 0.25) is 0 Å². The van der Waals surface area contributed by atoms with E-state index in [4.69, 9.17) is 10.0 Å². The van der Waals surface area contributed by atoms with Gasteiger partial charge in [-0.2, -0.15) is 0 Å². The summed E-state index contributed by atoms with van der Waals surface area (Å²) in [5, 5.41) is 18.2. The highest BCUT2D eigenvalue weighted by Gasteiger charge is 2.26. The fourth-order valence-corrected chi connectivity index (χ4v) is 2.96. The first-order valence-corrected chi connectivity index (χ1v) is 6.87. The van der Waals surface area contributed by atoms with Gasteiger partial charge in [-0.3, -0.25) is 0 Å². The van der Waals surface area contributed by atoms with E-state index in [2.05, 4.69) is 6.92 Å². The van der Waals surface area contributed by atoms with Crippen LogP contribution >= 0.6 is 0 Å². The summed E-state index contributed by atoms with van der Waals surface area (Å²) in [7, 11) is -1.97. The molecule has 0 amide bonds. The lowest BCUT2D eigenvalue weighted by Crippen LogP contribution is -2.34. The van der Waals surface area contributed by atoms with Gasteiger partial charge in [-0.1, -0.05) is 19.4 Å². The molecule has 0 bridgehead atoms. The molecule has 0 unspecified atom stereocenters. The Balaban J connectivity index is 2.21. The fourth-order valence-electron chi connectivity index (χ4n) is 2.96. The van der Waals surface area contributed by atoms with Crippen molar-refractivity contribution in [1.29, 1.82) is 0 Å². The highest BCUT2D eigenvalue weighted by Crippen LogP contribution is 2.37. The quantitative estimate of drug-likeness (QED) is 0.826. The van der Waals surface area contributed by atoms with E-state index in [0.717, 1.165) is 38.0 Å². The zero-order valence-electron chi connectivity index (χ0n) is 11.1. The van der Waals surface area contributed by atoms with Crippen LogP contribution in [-0.4, -0.2) is 17.2 Å². The summed E-state index contributed by atoms with van der Waals surface area (Å²) in [6, 6.07) is 2.58. The van der Waals surface area contributed by atoms with Gasteiger partial charge < -0.3 is 10.0 Å². The Labute approximate surface area is 112 Å². The molecular formula is C14H19BF2O2. The van der Waals surface area contributed by atoms with E-state index < -0.39 is 18.8 Å². The van der Waals surface area contributed by atoms with Gasteiger partial charge in [0.25, 0.3) is 0 Å². The van der Waals surface area contributed by atoms with Crippen molar-refractivity contribution in [1.82, 2.24) is 0 Å². The zero-order valence-corrected chi connectivity index (χ0v) is 11.1. The van der Waals surface area contributed by atoms with Crippen molar-refractivity contribution >= 4 is 12.6 Å². The van der Waals surface area contributed by atoms with Crippen molar-refractivity contribution in [2.24, 2.45) is 5.92 Å². The summed E-state index contributed by atoms with van der Waals surface area (Å²) in [6.45, 7) is 2.17. The van der Waals surface area contributed by atoms with Gasteiger partial charge in [0.15, 0.2) is 11.6 Å². The monoisotopic (exact) mass is 268 g/mol. The molecule has 0 aromatic heterocycles. The summed E-state index contributed by atoms with van der Waals surface area (Å²) in [5.41, 5.74) is 0.309. The average molecular weight is 268 g/mol. The Bertz CT molecular complexity index is 443. The number of hydrogen-bond donors (Lipinski definition) is 2. The Morgan fingerprint density at radius 3 is 2.32 bits per heavy atom. The molecule has 0 atom stereocenters. The van der Waals surface area contributed by atoms with Crippen molar-refractivity contribution in [3.05, 3.63) is 29.3 Å². The van der Waals surface area contributed by atoms with Crippen molar-refractivity contribution in [2.45, 2.75) is 44.9 Å². The van der Waals surface area contributed by atoms with Crippen molar-refractivity contribution in [3.8, 4) is 0 Å². The molecule has 0 radical (unpaired) electrons. The lowest BCUT2D eigenvalue weighted by Gasteiger charge is -2.28. The van der Waals surface area contributed by atoms with Gasteiger partial charge in [0, 0.05) is 5.46 Å². The van der Waals surface area contributed by atoms with Crippen molar-refractivity contribution in [3.63, 3.8) is 0 Å². The standard InChI is InChI=1S/C14H19BF2O2/c1-2-9-3-5-10(6-4-9)11-7-12(15(18)19)14(17)13(16)8-11/h7-10,18-19H,2-6H2,1H3. The molecule has 1 aliphatic carbocycles. The van der Waals surface area contributed by atoms with E-state index in [1.165, 1.54) is 12.1 Å². The molecule has 0 saturated heterocycles. The molecule has 104 valence electrons. The minimum atomic E-state index is -1.97. The maximum atomic E-state index is 13.5. The third-order valence-electron chi connectivity index (χ3n) is 4.25. The van der Waals surface area contributed by atoms with E-state index in [0.29, 0.717) is 5.56 Å². The Morgan fingerprint density at radius 2 is 1.79 bits per heavy atom. The van der Waals surface area contributed by atoms with E-state index in [-0.39, 0.29) is 11.4 Å². The zero-order chi connectivity index (χ0) is 14.0. The Hall–Kier alpha value is -0.935. The second-order valence-electron chi connectivity index (χ2n) is 5.41. The molecular weight excluding hydrogens is 249 g/mol. The molecule has 1 saturated carbocycles. The van der Waals surface area contributed by atoms with Crippen LogP contribution in [0.3, 0.4) is 0 Å². The van der Waals surface area contributed by atoms with Crippen LogP contribution in [0.5, 0.6) is 0 Å².